The van der Waals surface area contributed by atoms with Crippen molar-refractivity contribution in [1.29, 1.82) is 0 Å². The van der Waals surface area contributed by atoms with Crippen molar-refractivity contribution in [2.75, 3.05) is 19.8 Å². The van der Waals surface area contributed by atoms with Crippen LogP contribution in [0.1, 0.15) is 51.4 Å². The van der Waals surface area contributed by atoms with Gasteiger partial charge in [-0.1, -0.05) is 6.42 Å². The zero-order valence-corrected chi connectivity index (χ0v) is 11.9. The molecule has 108 valence electrons. The first-order valence-corrected chi connectivity index (χ1v) is 8.31. The second-order valence-corrected chi connectivity index (χ2v) is 7.28. The van der Waals surface area contributed by atoms with Crippen LogP contribution in [0.25, 0.3) is 0 Å². The van der Waals surface area contributed by atoms with Gasteiger partial charge in [0.05, 0.1) is 5.60 Å². The molecule has 3 heteroatoms. The van der Waals surface area contributed by atoms with Crippen LogP contribution in [0, 0.1) is 11.8 Å². The lowest BCUT2D eigenvalue weighted by Gasteiger charge is -2.44. The molecule has 0 aromatic carbocycles. The molecule has 2 aliphatic carbocycles. The Bertz CT molecular complexity index is 321. The summed E-state index contributed by atoms with van der Waals surface area (Å²) in [5.74, 6) is 2.03. The van der Waals surface area contributed by atoms with Crippen LogP contribution in [0.3, 0.4) is 0 Å². The zero-order chi connectivity index (χ0) is 12.7. The summed E-state index contributed by atoms with van der Waals surface area (Å²) in [6, 6.07) is 1.51. The van der Waals surface area contributed by atoms with Crippen LogP contribution >= 0.6 is 0 Å². The minimum atomic E-state index is 0.145. The summed E-state index contributed by atoms with van der Waals surface area (Å²) < 4.78 is 11.6. The number of hydrogen-bond acceptors (Lipinski definition) is 3. The van der Waals surface area contributed by atoms with Crippen LogP contribution in [0.5, 0.6) is 0 Å². The number of hydrogen-bond donors (Lipinski definition) is 1. The fraction of sp³-hybridized carbons (Fsp3) is 1.00. The van der Waals surface area contributed by atoms with E-state index in [1.807, 2.05) is 0 Å². The average molecular weight is 265 g/mol. The van der Waals surface area contributed by atoms with Crippen LogP contribution in [-0.2, 0) is 9.47 Å². The first-order valence-electron chi connectivity index (χ1n) is 8.31. The summed E-state index contributed by atoms with van der Waals surface area (Å²) in [7, 11) is 0. The van der Waals surface area contributed by atoms with Gasteiger partial charge in [0, 0.05) is 31.9 Å². The van der Waals surface area contributed by atoms with Gasteiger partial charge >= 0.3 is 0 Å². The van der Waals surface area contributed by atoms with Gasteiger partial charge in [0.2, 0.25) is 0 Å². The smallest absolute Gasteiger partial charge is 0.0741 e. The molecule has 0 radical (unpaired) electrons. The fourth-order valence-electron chi connectivity index (χ4n) is 5.01. The van der Waals surface area contributed by atoms with Gasteiger partial charge in [-0.05, 0) is 56.8 Å². The maximum atomic E-state index is 6.14. The van der Waals surface area contributed by atoms with E-state index in [0.717, 1.165) is 50.5 Å². The Labute approximate surface area is 116 Å². The molecule has 0 aromatic heterocycles. The van der Waals surface area contributed by atoms with Gasteiger partial charge < -0.3 is 14.8 Å². The fourth-order valence-corrected chi connectivity index (χ4v) is 5.01. The lowest BCUT2D eigenvalue weighted by atomic mass is 9.83. The van der Waals surface area contributed by atoms with Gasteiger partial charge in [-0.2, -0.15) is 0 Å². The molecule has 4 atom stereocenters. The van der Waals surface area contributed by atoms with Crippen LogP contribution in [-0.4, -0.2) is 37.5 Å². The Morgan fingerprint density at radius 1 is 0.947 bits per heavy atom. The Morgan fingerprint density at radius 3 is 2.58 bits per heavy atom. The summed E-state index contributed by atoms with van der Waals surface area (Å²) in [6.07, 6.45) is 10.5. The molecule has 1 N–H and O–H groups in total. The SMILES string of the molecule is C1CC2(CCO1)CC(NC1CC3CCC1C3)CCO2. The standard InChI is InChI=1S/C16H27NO2/c1-2-13-9-12(1)10-15(13)17-14-3-6-19-16(11-14)4-7-18-8-5-16/h12-15,17H,1-11H2. The Morgan fingerprint density at radius 2 is 1.84 bits per heavy atom. The molecule has 2 heterocycles. The van der Waals surface area contributed by atoms with Gasteiger partial charge in [-0.25, -0.2) is 0 Å². The topological polar surface area (TPSA) is 30.5 Å². The van der Waals surface area contributed by atoms with Crippen molar-refractivity contribution in [3.8, 4) is 0 Å². The molecule has 2 bridgehead atoms. The van der Waals surface area contributed by atoms with Crippen LogP contribution < -0.4 is 5.32 Å². The largest absolute Gasteiger partial charge is 0.381 e. The lowest BCUT2D eigenvalue weighted by molar-refractivity contribution is -0.141. The van der Waals surface area contributed by atoms with Crippen LogP contribution in [0.2, 0.25) is 0 Å². The van der Waals surface area contributed by atoms with Gasteiger partial charge in [0.25, 0.3) is 0 Å². The first-order chi connectivity index (χ1) is 9.33. The van der Waals surface area contributed by atoms with Gasteiger partial charge in [-0.3, -0.25) is 0 Å². The predicted molar refractivity (Wildman–Crippen MR) is 74.1 cm³/mol. The second kappa shape index (κ2) is 5.01. The third kappa shape index (κ3) is 2.45. The molecule has 1 spiro atoms. The molecule has 2 saturated carbocycles. The molecule has 2 aliphatic heterocycles. The minimum Gasteiger partial charge on any atom is -0.381 e. The third-order valence-electron chi connectivity index (χ3n) is 6.08. The summed E-state index contributed by atoms with van der Waals surface area (Å²) in [5, 5.41) is 4.00. The van der Waals surface area contributed by atoms with E-state index in [4.69, 9.17) is 9.47 Å². The molecule has 3 nitrogen and oxygen atoms in total. The van der Waals surface area contributed by atoms with Crippen molar-refractivity contribution >= 4 is 0 Å². The third-order valence-corrected chi connectivity index (χ3v) is 6.08. The molecule has 2 saturated heterocycles. The maximum absolute atomic E-state index is 6.14. The number of rotatable bonds is 2. The van der Waals surface area contributed by atoms with Crippen molar-refractivity contribution in [2.24, 2.45) is 11.8 Å². The summed E-state index contributed by atoms with van der Waals surface area (Å²) in [5.41, 5.74) is 0.145. The minimum absolute atomic E-state index is 0.145. The highest BCUT2D eigenvalue weighted by Gasteiger charge is 2.43. The van der Waals surface area contributed by atoms with E-state index < -0.39 is 0 Å². The lowest BCUT2D eigenvalue weighted by Crippen LogP contribution is -2.52. The highest BCUT2D eigenvalue weighted by atomic mass is 16.5. The molecule has 0 aromatic rings. The average Bonchev–Trinajstić information content (AvgIpc) is 3.02. The van der Waals surface area contributed by atoms with Crippen molar-refractivity contribution in [2.45, 2.75) is 69.1 Å². The molecule has 4 aliphatic rings. The molecule has 19 heavy (non-hydrogen) atoms. The summed E-state index contributed by atoms with van der Waals surface area (Å²) in [6.45, 7) is 2.72. The van der Waals surface area contributed by atoms with E-state index in [1.54, 1.807) is 0 Å². The Kier molecular flexibility index (Phi) is 3.33. The monoisotopic (exact) mass is 265 g/mol. The number of nitrogens with one attached hydrogen (secondary N) is 1. The van der Waals surface area contributed by atoms with Crippen molar-refractivity contribution in [3.63, 3.8) is 0 Å². The normalized spacial score (nSPS) is 44.8. The van der Waals surface area contributed by atoms with Crippen molar-refractivity contribution < 1.29 is 9.47 Å². The quantitative estimate of drug-likeness (QED) is 0.832. The second-order valence-electron chi connectivity index (χ2n) is 7.28. The predicted octanol–water partition coefficient (Wildman–Crippen LogP) is 2.49. The van der Waals surface area contributed by atoms with E-state index >= 15 is 0 Å². The highest BCUT2D eigenvalue weighted by Crippen LogP contribution is 2.45. The van der Waals surface area contributed by atoms with Gasteiger partial charge in [0.15, 0.2) is 0 Å². The molecular formula is C16H27NO2. The zero-order valence-electron chi connectivity index (χ0n) is 11.9. The van der Waals surface area contributed by atoms with Crippen LogP contribution in [0.15, 0.2) is 0 Å². The summed E-state index contributed by atoms with van der Waals surface area (Å²) in [4.78, 5) is 0. The van der Waals surface area contributed by atoms with E-state index in [1.165, 1.54) is 38.5 Å². The molecule has 4 fully saturated rings. The first kappa shape index (κ1) is 12.6. The highest BCUT2D eigenvalue weighted by molar-refractivity contribution is 4.98. The van der Waals surface area contributed by atoms with Crippen molar-refractivity contribution in [1.82, 2.24) is 5.32 Å². The van der Waals surface area contributed by atoms with E-state index in [9.17, 15) is 0 Å². The molecule has 4 rings (SSSR count). The van der Waals surface area contributed by atoms with E-state index in [0.29, 0.717) is 6.04 Å². The van der Waals surface area contributed by atoms with Crippen LogP contribution in [0.4, 0.5) is 0 Å². The van der Waals surface area contributed by atoms with Gasteiger partial charge in [-0.15, -0.1) is 0 Å². The van der Waals surface area contributed by atoms with E-state index in [-0.39, 0.29) is 5.60 Å². The molecular weight excluding hydrogens is 238 g/mol. The Hall–Kier alpha value is -0.120. The van der Waals surface area contributed by atoms with Gasteiger partial charge in [0.1, 0.15) is 0 Å². The maximum Gasteiger partial charge on any atom is 0.0741 e. The Balaban J connectivity index is 1.36. The molecule has 4 unspecified atom stereocenters. The summed E-state index contributed by atoms with van der Waals surface area (Å²) >= 11 is 0. The van der Waals surface area contributed by atoms with E-state index in [2.05, 4.69) is 5.32 Å². The molecule has 0 amide bonds. The van der Waals surface area contributed by atoms with Crippen molar-refractivity contribution in [3.05, 3.63) is 0 Å². The number of fused-ring (bicyclic) bond motifs is 2. The number of ether oxygens (including phenoxy) is 2.